The average Bonchev–Trinajstić information content (AvgIpc) is 2.65. The molecule has 0 bridgehead atoms. The van der Waals surface area contributed by atoms with Crippen LogP contribution >= 0.6 is 0 Å². The lowest BCUT2D eigenvalue weighted by Crippen LogP contribution is -2.30. The van der Waals surface area contributed by atoms with Gasteiger partial charge in [0.15, 0.2) is 0 Å². The quantitative estimate of drug-likeness (QED) is 0.683. The van der Waals surface area contributed by atoms with E-state index in [1.54, 1.807) is 24.1 Å². The Hall–Kier alpha value is -1.62. The van der Waals surface area contributed by atoms with Gasteiger partial charge in [0, 0.05) is 31.6 Å². The van der Waals surface area contributed by atoms with E-state index in [1.807, 2.05) is 6.20 Å². The van der Waals surface area contributed by atoms with Crippen molar-refractivity contribution in [1.29, 1.82) is 0 Å². The summed E-state index contributed by atoms with van der Waals surface area (Å²) in [5, 5.41) is 9.53. The molecule has 0 saturated carbocycles. The van der Waals surface area contributed by atoms with Gasteiger partial charge in [0.25, 0.3) is 0 Å². The lowest BCUT2D eigenvalue weighted by molar-refractivity contribution is -0.119. The van der Waals surface area contributed by atoms with Gasteiger partial charge in [0.1, 0.15) is 0 Å². The zero-order valence-corrected chi connectivity index (χ0v) is 8.16. The molecule has 14 heavy (non-hydrogen) atoms. The SMILES string of the molecule is C=Cn1cc(CNCC(=O)NC)cn1. The molecule has 0 aromatic carbocycles. The topological polar surface area (TPSA) is 59.0 Å². The van der Waals surface area contributed by atoms with Gasteiger partial charge in [-0.2, -0.15) is 5.10 Å². The highest BCUT2D eigenvalue weighted by Crippen LogP contribution is 1.96. The van der Waals surface area contributed by atoms with Gasteiger partial charge in [0.2, 0.25) is 5.91 Å². The largest absolute Gasteiger partial charge is 0.358 e. The van der Waals surface area contributed by atoms with Crippen LogP contribution in [-0.4, -0.2) is 29.3 Å². The van der Waals surface area contributed by atoms with Crippen LogP contribution in [0.2, 0.25) is 0 Å². The van der Waals surface area contributed by atoms with Crippen molar-refractivity contribution >= 4 is 12.1 Å². The van der Waals surface area contributed by atoms with Gasteiger partial charge < -0.3 is 10.6 Å². The highest BCUT2D eigenvalue weighted by Gasteiger charge is 1.98. The molecule has 5 nitrogen and oxygen atoms in total. The molecular weight excluding hydrogens is 180 g/mol. The molecule has 1 rings (SSSR count). The van der Waals surface area contributed by atoms with Crippen LogP contribution in [0.15, 0.2) is 19.0 Å². The number of aromatic nitrogens is 2. The van der Waals surface area contributed by atoms with Crippen LogP contribution in [0.25, 0.3) is 6.20 Å². The highest BCUT2D eigenvalue weighted by atomic mass is 16.1. The van der Waals surface area contributed by atoms with Crippen molar-refractivity contribution in [3.8, 4) is 0 Å². The predicted octanol–water partition coefficient (Wildman–Crippen LogP) is -0.181. The van der Waals surface area contributed by atoms with Crippen molar-refractivity contribution in [2.24, 2.45) is 0 Å². The van der Waals surface area contributed by atoms with Crippen molar-refractivity contribution in [3.05, 3.63) is 24.5 Å². The maximum Gasteiger partial charge on any atom is 0.233 e. The van der Waals surface area contributed by atoms with E-state index in [-0.39, 0.29) is 5.91 Å². The summed E-state index contributed by atoms with van der Waals surface area (Å²) in [6, 6.07) is 0. The van der Waals surface area contributed by atoms with Crippen LogP contribution < -0.4 is 10.6 Å². The van der Waals surface area contributed by atoms with E-state index in [2.05, 4.69) is 22.3 Å². The number of amides is 1. The van der Waals surface area contributed by atoms with Gasteiger partial charge >= 0.3 is 0 Å². The van der Waals surface area contributed by atoms with Crippen molar-refractivity contribution in [2.75, 3.05) is 13.6 Å². The summed E-state index contributed by atoms with van der Waals surface area (Å²) < 4.78 is 1.62. The van der Waals surface area contributed by atoms with Crippen molar-refractivity contribution in [1.82, 2.24) is 20.4 Å². The van der Waals surface area contributed by atoms with Gasteiger partial charge in [0.05, 0.1) is 12.7 Å². The minimum absolute atomic E-state index is 0.0267. The summed E-state index contributed by atoms with van der Waals surface area (Å²) in [4.78, 5) is 10.9. The Bertz CT molecular complexity index is 318. The average molecular weight is 194 g/mol. The van der Waals surface area contributed by atoms with E-state index >= 15 is 0 Å². The van der Waals surface area contributed by atoms with E-state index in [0.717, 1.165) is 5.56 Å². The van der Waals surface area contributed by atoms with Gasteiger partial charge in [-0.15, -0.1) is 0 Å². The zero-order chi connectivity index (χ0) is 10.4. The monoisotopic (exact) mass is 194 g/mol. The molecule has 1 aromatic rings. The third-order valence-corrected chi connectivity index (χ3v) is 1.74. The maximum atomic E-state index is 10.9. The van der Waals surface area contributed by atoms with E-state index in [1.165, 1.54) is 0 Å². The normalized spacial score (nSPS) is 9.79. The van der Waals surface area contributed by atoms with Crippen molar-refractivity contribution < 1.29 is 4.79 Å². The maximum absolute atomic E-state index is 10.9. The second-order valence-corrected chi connectivity index (χ2v) is 2.79. The van der Waals surface area contributed by atoms with E-state index in [0.29, 0.717) is 13.1 Å². The molecule has 0 aliphatic rings. The molecule has 0 radical (unpaired) electrons. The molecule has 2 N–H and O–H groups in total. The Balaban J connectivity index is 2.31. The molecule has 5 heteroatoms. The molecule has 1 aromatic heterocycles. The van der Waals surface area contributed by atoms with Crippen LogP contribution in [0.3, 0.4) is 0 Å². The third kappa shape index (κ3) is 3.02. The molecule has 0 unspecified atom stereocenters. The van der Waals surface area contributed by atoms with Crippen LogP contribution in [-0.2, 0) is 11.3 Å². The first-order chi connectivity index (χ1) is 6.76. The van der Waals surface area contributed by atoms with Crippen LogP contribution in [0.1, 0.15) is 5.56 Å². The summed E-state index contributed by atoms with van der Waals surface area (Å²) in [5.41, 5.74) is 1.02. The molecule has 0 aliphatic heterocycles. The van der Waals surface area contributed by atoms with Gasteiger partial charge in [-0.1, -0.05) is 6.58 Å². The fraction of sp³-hybridized carbons (Fsp3) is 0.333. The van der Waals surface area contributed by atoms with E-state index < -0.39 is 0 Å². The summed E-state index contributed by atoms with van der Waals surface area (Å²) in [6.07, 6.45) is 5.20. The zero-order valence-electron chi connectivity index (χ0n) is 8.16. The Morgan fingerprint density at radius 1 is 1.79 bits per heavy atom. The Kier molecular flexibility index (Phi) is 3.87. The third-order valence-electron chi connectivity index (χ3n) is 1.74. The van der Waals surface area contributed by atoms with E-state index in [9.17, 15) is 4.79 Å². The number of hydrogen-bond donors (Lipinski definition) is 2. The minimum atomic E-state index is -0.0267. The fourth-order valence-corrected chi connectivity index (χ4v) is 0.977. The first-order valence-electron chi connectivity index (χ1n) is 4.33. The van der Waals surface area contributed by atoms with Gasteiger partial charge in [-0.3, -0.25) is 4.79 Å². The highest BCUT2D eigenvalue weighted by molar-refractivity contribution is 5.77. The summed E-state index contributed by atoms with van der Waals surface area (Å²) in [5.74, 6) is -0.0267. The standard InChI is InChI=1S/C9H14N4O/c1-3-13-7-8(5-12-13)4-11-6-9(14)10-2/h3,5,7,11H,1,4,6H2,2H3,(H,10,14). The second kappa shape index (κ2) is 5.18. The molecule has 76 valence electrons. The Morgan fingerprint density at radius 3 is 3.14 bits per heavy atom. The molecule has 0 fully saturated rings. The van der Waals surface area contributed by atoms with Crippen LogP contribution in [0.5, 0.6) is 0 Å². The molecule has 1 amide bonds. The molecule has 0 saturated heterocycles. The summed E-state index contributed by atoms with van der Waals surface area (Å²) in [7, 11) is 1.61. The number of likely N-dealkylation sites (N-methyl/N-ethyl adjacent to an activating group) is 1. The molecule has 0 aliphatic carbocycles. The summed E-state index contributed by atoms with van der Waals surface area (Å²) in [6.45, 7) is 4.52. The van der Waals surface area contributed by atoms with E-state index in [4.69, 9.17) is 0 Å². The van der Waals surface area contributed by atoms with Crippen molar-refractivity contribution in [2.45, 2.75) is 6.54 Å². The molecule has 0 atom stereocenters. The predicted molar refractivity (Wildman–Crippen MR) is 54.4 cm³/mol. The van der Waals surface area contributed by atoms with Gasteiger partial charge in [-0.05, 0) is 0 Å². The Labute approximate surface area is 82.8 Å². The first-order valence-corrected chi connectivity index (χ1v) is 4.33. The van der Waals surface area contributed by atoms with Crippen molar-refractivity contribution in [3.63, 3.8) is 0 Å². The molecule has 1 heterocycles. The van der Waals surface area contributed by atoms with Crippen LogP contribution in [0.4, 0.5) is 0 Å². The number of carbonyl (C=O) groups is 1. The second-order valence-electron chi connectivity index (χ2n) is 2.79. The molecule has 0 spiro atoms. The number of hydrogen-bond acceptors (Lipinski definition) is 3. The van der Waals surface area contributed by atoms with Crippen LogP contribution in [0, 0.1) is 0 Å². The smallest absolute Gasteiger partial charge is 0.233 e. The minimum Gasteiger partial charge on any atom is -0.358 e. The lowest BCUT2D eigenvalue weighted by Gasteiger charge is -2.00. The number of nitrogens with one attached hydrogen (secondary N) is 2. The first kappa shape index (κ1) is 10.5. The number of nitrogens with zero attached hydrogens (tertiary/aromatic N) is 2. The number of carbonyl (C=O) groups excluding carboxylic acids is 1. The molecular formula is C9H14N4O. The Morgan fingerprint density at radius 2 is 2.57 bits per heavy atom. The lowest BCUT2D eigenvalue weighted by atomic mass is 10.3. The van der Waals surface area contributed by atoms with Gasteiger partial charge in [-0.25, -0.2) is 4.68 Å². The fourth-order valence-electron chi connectivity index (χ4n) is 0.977. The summed E-state index contributed by atoms with van der Waals surface area (Å²) >= 11 is 0. The number of rotatable bonds is 5.